The minimum atomic E-state index is -0.735. The Kier molecular flexibility index (Phi) is 5.21. The average molecular weight is 272 g/mol. The van der Waals surface area contributed by atoms with Crippen LogP contribution in [-0.2, 0) is 4.74 Å². The van der Waals surface area contributed by atoms with Gasteiger partial charge in [-0.25, -0.2) is 4.79 Å². The molecule has 19 heavy (non-hydrogen) atoms. The highest BCUT2D eigenvalue weighted by Crippen LogP contribution is 2.36. The average Bonchev–Trinajstić information content (AvgIpc) is 2.25. The number of nitrogens with zero attached hydrogens (tertiary/aromatic N) is 1. The van der Waals surface area contributed by atoms with E-state index >= 15 is 0 Å². The molecule has 1 unspecified atom stereocenters. The normalized spacial score (nSPS) is 21.1. The van der Waals surface area contributed by atoms with Crippen molar-refractivity contribution in [1.29, 1.82) is 0 Å². The number of likely N-dealkylation sites (tertiary alicyclic amines) is 1. The number of ether oxygens (including phenoxy) is 1. The Balaban J connectivity index is 2.41. The third-order valence-electron chi connectivity index (χ3n) is 3.67. The van der Waals surface area contributed by atoms with Crippen LogP contribution in [0.15, 0.2) is 0 Å². The number of aliphatic hydroxyl groups is 1. The van der Waals surface area contributed by atoms with Crippen molar-refractivity contribution in [3.8, 4) is 0 Å². The Hall–Kier alpha value is -0.810. The Morgan fingerprint density at radius 3 is 2.37 bits per heavy atom. The molecule has 1 aliphatic heterocycles. The first-order valence-corrected chi connectivity index (χ1v) is 7.03. The molecule has 0 bridgehead atoms. The van der Waals surface area contributed by atoms with E-state index in [-0.39, 0.29) is 11.5 Å². The van der Waals surface area contributed by atoms with Crippen LogP contribution in [0.4, 0.5) is 4.79 Å². The number of carbonyl (C=O) groups is 1. The van der Waals surface area contributed by atoms with Gasteiger partial charge in [0, 0.05) is 13.1 Å². The van der Waals surface area contributed by atoms with E-state index in [4.69, 9.17) is 15.6 Å². The third-order valence-corrected chi connectivity index (χ3v) is 3.67. The number of amides is 1. The maximum atomic E-state index is 11.9. The van der Waals surface area contributed by atoms with Crippen molar-refractivity contribution in [2.75, 3.05) is 13.1 Å². The van der Waals surface area contributed by atoms with Crippen LogP contribution in [0.1, 0.15) is 53.4 Å². The number of piperidine rings is 1. The molecule has 112 valence electrons. The predicted molar refractivity (Wildman–Crippen MR) is 74.6 cm³/mol. The number of hydrogen-bond donors (Lipinski definition) is 2. The van der Waals surface area contributed by atoms with Gasteiger partial charge in [0.2, 0.25) is 0 Å². The molecule has 1 amide bonds. The summed E-state index contributed by atoms with van der Waals surface area (Å²) in [5.41, 5.74) is 5.11. The van der Waals surface area contributed by atoms with Gasteiger partial charge >= 0.3 is 6.09 Å². The smallest absolute Gasteiger partial charge is 0.410 e. The molecule has 0 aliphatic carbocycles. The van der Waals surface area contributed by atoms with E-state index in [1.54, 1.807) is 4.90 Å². The molecule has 0 aromatic rings. The highest BCUT2D eigenvalue weighted by atomic mass is 16.6. The van der Waals surface area contributed by atoms with Gasteiger partial charge in [0.05, 0.1) is 0 Å². The zero-order chi connectivity index (χ0) is 14.7. The molecule has 5 heteroatoms. The van der Waals surface area contributed by atoms with Gasteiger partial charge in [-0.15, -0.1) is 0 Å². The van der Waals surface area contributed by atoms with Gasteiger partial charge in [0.15, 0.2) is 0 Å². The molecule has 0 saturated carbocycles. The van der Waals surface area contributed by atoms with Crippen molar-refractivity contribution in [1.82, 2.24) is 4.90 Å². The Bertz CT molecular complexity index is 302. The second-order valence-electron chi connectivity index (χ2n) is 6.88. The van der Waals surface area contributed by atoms with E-state index in [9.17, 15) is 4.79 Å². The standard InChI is InChI=1S/C14H28N2O3/c1-13(2,3)19-12(18)16-9-7-14(4,8-10-16)6-5-11(15)17/h11,17H,5-10,15H2,1-4H3. The molecule has 3 N–H and O–H groups in total. The summed E-state index contributed by atoms with van der Waals surface area (Å²) in [6.07, 6.45) is 2.40. The van der Waals surface area contributed by atoms with E-state index in [0.29, 0.717) is 19.5 Å². The molecule has 1 rings (SSSR count). The van der Waals surface area contributed by atoms with Gasteiger partial charge in [-0.2, -0.15) is 0 Å². The lowest BCUT2D eigenvalue weighted by Gasteiger charge is -2.40. The fourth-order valence-electron chi connectivity index (χ4n) is 2.30. The molecule has 5 nitrogen and oxygen atoms in total. The van der Waals surface area contributed by atoms with Gasteiger partial charge in [0.25, 0.3) is 0 Å². The summed E-state index contributed by atoms with van der Waals surface area (Å²) in [5.74, 6) is 0. The molecule has 1 heterocycles. The summed E-state index contributed by atoms with van der Waals surface area (Å²) >= 11 is 0. The second kappa shape index (κ2) is 6.09. The number of nitrogens with two attached hydrogens (primary N) is 1. The summed E-state index contributed by atoms with van der Waals surface area (Å²) in [4.78, 5) is 13.7. The molecular weight excluding hydrogens is 244 g/mol. The molecule has 0 spiro atoms. The van der Waals surface area contributed by atoms with Gasteiger partial charge in [-0.3, -0.25) is 0 Å². The maximum Gasteiger partial charge on any atom is 0.410 e. The molecule has 0 aromatic heterocycles. The highest BCUT2D eigenvalue weighted by Gasteiger charge is 2.33. The van der Waals surface area contributed by atoms with Crippen LogP contribution in [0.25, 0.3) is 0 Å². The molecule has 1 aliphatic rings. The van der Waals surface area contributed by atoms with Gasteiger partial charge in [-0.1, -0.05) is 6.92 Å². The highest BCUT2D eigenvalue weighted by molar-refractivity contribution is 5.68. The first-order valence-electron chi connectivity index (χ1n) is 7.03. The van der Waals surface area contributed by atoms with Crippen molar-refractivity contribution >= 4 is 6.09 Å². The second-order valence-corrected chi connectivity index (χ2v) is 6.88. The monoisotopic (exact) mass is 272 g/mol. The first-order chi connectivity index (χ1) is 8.61. The van der Waals surface area contributed by atoms with E-state index in [1.807, 2.05) is 20.8 Å². The lowest BCUT2D eigenvalue weighted by Crippen LogP contribution is -2.44. The summed E-state index contributed by atoms with van der Waals surface area (Å²) in [6, 6.07) is 0. The van der Waals surface area contributed by atoms with Crippen LogP contribution in [0.3, 0.4) is 0 Å². The molecule has 0 aromatic carbocycles. The van der Waals surface area contributed by atoms with Gasteiger partial charge < -0.3 is 20.5 Å². The largest absolute Gasteiger partial charge is 0.444 e. The predicted octanol–water partition coefficient (Wildman–Crippen LogP) is 2.08. The Labute approximate surface area is 116 Å². The number of aliphatic hydroxyl groups excluding tert-OH is 1. The molecule has 0 radical (unpaired) electrons. The van der Waals surface area contributed by atoms with E-state index in [1.165, 1.54) is 0 Å². The zero-order valence-corrected chi connectivity index (χ0v) is 12.6. The minimum Gasteiger partial charge on any atom is -0.444 e. The molecule has 1 atom stereocenters. The van der Waals surface area contributed by atoms with Crippen LogP contribution >= 0.6 is 0 Å². The Morgan fingerprint density at radius 2 is 1.95 bits per heavy atom. The van der Waals surface area contributed by atoms with Crippen molar-refractivity contribution in [3.05, 3.63) is 0 Å². The first kappa shape index (κ1) is 16.2. The third kappa shape index (κ3) is 5.78. The topological polar surface area (TPSA) is 75.8 Å². The van der Waals surface area contributed by atoms with Gasteiger partial charge in [0.1, 0.15) is 11.8 Å². The van der Waals surface area contributed by atoms with E-state index in [2.05, 4.69) is 6.92 Å². The SMILES string of the molecule is CC1(CCC(N)O)CCN(C(=O)OC(C)(C)C)CC1. The van der Waals surface area contributed by atoms with Gasteiger partial charge in [-0.05, 0) is 51.9 Å². The summed E-state index contributed by atoms with van der Waals surface area (Å²) < 4.78 is 5.37. The molecule has 1 fully saturated rings. The lowest BCUT2D eigenvalue weighted by atomic mass is 9.76. The van der Waals surface area contributed by atoms with Crippen LogP contribution < -0.4 is 5.73 Å². The number of hydrogen-bond acceptors (Lipinski definition) is 4. The van der Waals surface area contributed by atoms with Crippen LogP contribution in [0.2, 0.25) is 0 Å². The lowest BCUT2D eigenvalue weighted by molar-refractivity contribution is 0.00931. The van der Waals surface area contributed by atoms with Crippen molar-refractivity contribution in [3.63, 3.8) is 0 Å². The Morgan fingerprint density at radius 1 is 1.42 bits per heavy atom. The fourth-order valence-corrected chi connectivity index (χ4v) is 2.30. The van der Waals surface area contributed by atoms with Crippen molar-refractivity contribution < 1.29 is 14.6 Å². The quantitative estimate of drug-likeness (QED) is 0.771. The van der Waals surface area contributed by atoms with Crippen molar-refractivity contribution in [2.24, 2.45) is 11.1 Å². The van der Waals surface area contributed by atoms with E-state index in [0.717, 1.165) is 19.3 Å². The maximum absolute atomic E-state index is 11.9. The fraction of sp³-hybridized carbons (Fsp3) is 0.929. The van der Waals surface area contributed by atoms with Crippen molar-refractivity contribution in [2.45, 2.75) is 65.2 Å². The van der Waals surface area contributed by atoms with Crippen LogP contribution in [-0.4, -0.2) is 41.0 Å². The minimum absolute atomic E-state index is 0.166. The van der Waals surface area contributed by atoms with Crippen LogP contribution in [0.5, 0.6) is 0 Å². The number of carbonyl (C=O) groups excluding carboxylic acids is 1. The van der Waals surface area contributed by atoms with E-state index < -0.39 is 11.8 Å². The molecular formula is C14H28N2O3. The summed E-state index contributed by atoms with van der Waals surface area (Å²) in [6.45, 7) is 9.25. The number of rotatable bonds is 3. The molecule has 1 saturated heterocycles. The van der Waals surface area contributed by atoms with Crippen LogP contribution in [0, 0.1) is 5.41 Å². The summed E-state index contributed by atoms with van der Waals surface area (Å²) in [7, 11) is 0. The summed E-state index contributed by atoms with van der Waals surface area (Å²) in [5, 5.41) is 9.16. The zero-order valence-electron chi connectivity index (χ0n) is 12.6.